The predicted molar refractivity (Wildman–Crippen MR) is 12.2 cm³/mol. The van der Waals surface area contributed by atoms with E-state index in [1.807, 2.05) is 0 Å². The topological polar surface area (TPSA) is 28.5 Å². The van der Waals surface area contributed by atoms with E-state index in [0.717, 1.165) is 0 Å². The molecular weight excluding hydrogens is 173 g/mol. The maximum atomic E-state index is 0. The van der Waals surface area contributed by atoms with E-state index >= 15 is 0 Å². The molecule has 0 bridgehead atoms. The van der Waals surface area contributed by atoms with Crippen molar-refractivity contribution in [1.82, 2.24) is 0 Å². The summed E-state index contributed by atoms with van der Waals surface area (Å²) in [5, 5.41) is 0. The second-order valence-electron chi connectivity index (χ2n) is 0. The normalized spacial score (nSPS) is 0. The van der Waals surface area contributed by atoms with Gasteiger partial charge in [0.1, 0.15) is 0 Å². The Bertz CT molecular complexity index is 8.00. The SMILES string of the molecule is [Ca+2].[Mg+2].[Nb+5].[O-2]. The van der Waals surface area contributed by atoms with Crippen molar-refractivity contribution >= 4 is 60.8 Å². The molecule has 0 saturated carbocycles. The fraction of sp³-hybridized carbons (Fsp3) is 0. The fourth-order valence-electron chi connectivity index (χ4n) is 0. The number of hydrogen-bond acceptors (Lipinski definition) is 0. The molecule has 8 valence electrons. The molecule has 0 fully saturated rings. The van der Waals surface area contributed by atoms with Crippen LogP contribution < -0.4 is 0 Å². The van der Waals surface area contributed by atoms with E-state index in [1.54, 1.807) is 0 Å². The van der Waals surface area contributed by atoms with Crippen molar-refractivity contribution in [2.75, 3.05) is 0 Å². The van der Waals surface area contributed by atoms with E-state index in [2.05, 4.69) is 0 Å². The van der Waals surface area contributed by atoms with Gasteiger partial charge in [-0.15, -0.1) is 0 Å². The van der Waals surface area contributed by atoms with Crippen LogP contribution in [0.15, 0.2) is 0 Å². The zero-order valence-corrected chi connectivity index (χ0v) is 8.09. The van der Waals surface area contributed by atoms with Crippen LogP contribution >= 0.6 is 0 Å². The molecule has 0 unspecified atom stereocenters. The summed E-state index contributed by atoms with van der Waals surface area (Å²) in [6, 6.07) is 0. The van der Waals surface area contributed by atoms with Crippen molar-refractivity contribution in [3.05, 3.63) is 0 Å². The maximum Gasteiger partial charge on any atom is 5.00 e. The Hall–Kier alpha value is 2.73. The Morgan fingerprint density at radius 3 is 1.00 bits per heavy atom. The van der Waals surface area contributed by atoms with Crippen LogP contribution in [0.1, 0.15) is 0 Å². The smallest absolute Gasteiger partial charge is 2.00 e. The standard InChI is InChI=1S/Ca.Mg.Nb.O/q2*+2;+5;-2. The zero-order valence-electron chi connectivity index (χ0n) is 2.27. The monoisotopic (exact) mass is 173 g/mol. The van der Waals surface area contributed by atoms with E-state index in [0.29, 0.717) is 0 Å². The molecule has 0 saturated heterocycles. The minimum absolute atomic E-state index is 0. The van der Waals surface area contributed by atoms with Gasteiger partial charge in [-0.05, 0) is 0 Å². The molecule has 0 aromatic heterocycles. The fourth-order valence-corrected chi connectivity index (χ4v) is 0. The second kappa shape index (κ2) is 17.2. The van der Waals surface area contributed by atoms with E-state index in [9.17, 15) is 0 Å². The molecule has 0 N–H and O–H groups in total. The molecule has 0 heterocycles. The Morgan fingerprint density at radius 1 is 1.00 bits per heavy atom. The third kappa shape index (κ3) is 8.83. The molecule has 0 aromatic carbocycles. The summed E-state index contributed by atoms with van der Waals surface area (Å²) < 4.78 is 0. The van der Waals surface area contributed by atoms with Crippen molar-refractivity contribution in [2.24, 2.45) is 0 Å². The number of rotatable bonds is 0. The molecule has 0 aliphatic heterocycles. The van der Waals surface area contributed by atoms with Crippen molar-refractivity contribution in [3.8, 4) is 0 Å². The summed E-state index contributed by atoms with van der Waals surface area (Å²) in [5.74, 6) is 0. The molecular formula is CaMgNbO+7. The van der Waals surface area contributed by atoms with Gasteiger partial charge in [0.15, 0.2) is 0 Å². The van der Waals surface area contributed by atoms with Gasteiger partial charge in [0, 0.05) is 0 Å². The molecule has 0 spiro atoms. The van der Waals surface area contributed by atoms with Crippen LogP contribution in [0.3, 0.4) is 0 Å². The summed E-state index contributed by atoms with van der Waals surface area (Å²) >= 11 is 0. The van der Waals surface area contributed by atoms with E-state index in [4.69, 9.17) is 0 Å². The first-order chi connectivity index (χ1) is 0. The molecule has 4 heavy (non-hydrogen) atoms. The maximum absolute atomic E-state index is 0. The van der Waals surface area contributed by atoms with Crippen LogP contribution in [0.5, 0.6) is 0 Å². The Labute approximate surface area is 86.9 Å². The number of hydrogen-bond donors (Lipinski definition) is 0. The first-order valence-electron chi connectivity index (χ1n) is 0. The Morgan fingerprint density at radius 2 is 1.00 bits per heavy atom. The third-order valence-electron chi connectivity index (χ3n) is 0. The van der Waals surface area contributed by atoms with Gasteiger partial charge in [-0.25, -0.2) is 0 Å². The quantitative estimate of drug-likeness (QED) is 0.426. The predicted octanol–water partition coefficient (Wildman–Crippen LogP) is -0.883. The summed E-state index contributed by atoms with van der Waals surface area (Å²) in [6.45, 7) is 0. The Kier molecular flexibility index (Phi) is 128. The van der Waals surface area contributed by atoms with Crippen molar-refractivity contribution in [1.29, 1.82) is 0 Å². The third-order valence-corrected chi connectivity index (χ3v) is 0. The Balaban J connectivity index is 0. The van der Waals surface area contributed by atoms with Gasteiger partial charge in [-0.2, -0.15) is 0 Å². The van der Waals surface area contributed by atoms with Crippen molar-refractivity contribution in [3.63, 3.8) is 0 Å². The average molecular weight is 173 g/mol. The molecule has 0 aliphatic carbocycles. The summed E-state index contributed by atoms with van der Waals surface area (Å²) in [7, 11) is 0. The molecule has 0 amide bonds. The second-order valence-corrected chi connectivity index (χ2v) is 0. The van der Waals surface area contributed by atoms with Crippen molar-refractivity contribution in [2.45, 2.75) is 0 Å². The molecule has 4 heteroatoms. The summed E-state index contributed by atoms with van der Waals surface area (Å²) in [4.78, 5) is 0. The van der Waals surface area contributed by atoms with Gasteiger partial charge < -0.3 is 5.48 Å². The summed E-state index contributed by atoms with van der Waals surface area (Å²) in [6.07, 6.45) is 0. The molecule has 0 aromatic rings. The van der Waals surface area contributed by atoms with Gasteiger partial charge >= 0.3 is 83.2 Å². The zero-order chi connectivity index (χ0) is 0. The molecule has 0 rings (SSSR count). The molecule has 1 nitrogen and oxygen atoms in total. The van der Waals surface area contributed by atoms with Gasteiger partial charge in [0.25, 0.3) is 0 Å². The van der Waals surface area contributed by atoms with Crippen molar-refractivity contribution < 1.29 is 27.9 Å². The van der Waals surface area contributed by atoms with Gasteiger partial charge in [0.05, 0.1) is 0 Å². The first-order valence-corrected chi connectivity index (χ1v) is 0. The first kappa shape index (κ1) is 29.7. The van der Waals surface area contributed by atoms with Crippen LogP contribution in [0.4, 0.5) is 0 Å². The minimum atomic E-state index is 0. The van der Waals surface area contributed by atoms with Gasteiger partial charge in [-0.3, -0.25) is 0 Å². The van der Waals surface area contributed by atoms with Crippen LogP contribution in [0.25, 0.3) is 0 Å². The van der Waals surface area contributed by atoms with Gasteiger partial charge in [0.2, 0.25) is 0 Å². The van der Waals surface area contributed by atoms with Crippen LogP contribution in [0, 0.1) is 0 Å². The van der Waals surface area contributed by atoms with E-state index < -0.39 is 0 Å². The average Bonchev–Trinajstić information content (AvgIpc) is 0. The molecule has 0 aliphatic rings. The van der Waals surface area contributed by atoms with Crippen LogP contribution in [0.2, 0.25) is 0 Å². The summed E-state index contributed by atoms with van der Waals surface area (Å²) in [5.41, 5.74) is 0. The van der Waals surface area contributed by atoms with Crippen LogP contribution in [-0.2, 0) is 27.9 Å². The minimum Gasteiger partial charge on any atom is -2.00 e. The molecule has 0 atom stereocenters. The van der Waals surface area contributed by atoms with E-state index in [-0.39, 0.29) is 88.6 Å². The van der Waals surface area contributed by atoms with Gasteiger partial charge in [-0.1, -0.05) is 0 Å². The largest absolute Gasteiger partial charge is 5.00 e. The van der Waals surface area contributed by atoms with E-state index in [1.165, 1.54) is 0 Å². The van der Waals surface area contributed by atoms with Crippen LogP contribution in [-0.4, -0.2) is 60.8 Å². The molecule has 0 radical (unpaired) electrons.